The zero-order chi connectivity index (χ0) is 37.0. The van der Waals surface area contributed by atoms with Crippen LogP contribution in [0.1, 0.15) is 1.43 Å². The highest BCUT2D eigenvalue weighted by Crippen LogP contribution is 2.41. The van der Waals surface area contributed by atoms with Crippen LogP contribution in [-0.2, 0) is 0 Å². The summed E-state index contributed by atoms with van der Waals surface area (Å²) in [7, 11) is 0. The Morgan fingerprint density at radius 1 is 0.436 bits per heavy atom. The van der Waals surface area contributed by atoms with Crippen molar-refractivity contribution in [2.45, 2.75) is 0 Å². The fraction of sp³-hybridized carbons (Fsp3) is 0. The van der Waals surface area contributed by atoms with Crippen molar-refractivity contribution in [3.8, 4) is 5.69 Å². The SMILES string of the molecule is Fc1ccccc1-n1c2ccccc2c2c3oc4ccccc4c3ccc21.Fc1ccccc1Br.[HH].c1ccc2c(c1)[nH]c1ccc3c4ccccc4oc3c12. The predicted molar refractivity (Wildman–Crippen MR) is 227 cm³/mol. The van der Waals surface area contributed by atoms with E-state index in [4.69, 9.17) is 8.83 Å². The van der Waals surface area contributed by atoms with E-state index in [-0.39, 0.29) is 13.1 Å². The van der Waals surface area contributed by atoms with Crippen LogP contribution in [0, 0.1) is 11.6 Å². The molecule has 4 nitrogen and oxygen atoms in total. The molecule has 55 heavy (non-hydrogen) atoms. The Bertz CT molecular complexity index is 3380. The molecule has 0 amide bonds. The van der Waals surface area contributed by atoms with E-state index in [1.54, 1.807) is 24.3 Å². The average Bonchev–Trinajstić information content (AvgIpc) is 3.98. The molecule has 12 rings (SSSR count). The summed E-state index contributed by atoms with van der Waals surface area (Å²) in [5.41, 5.74) is 8.34. The van der Waals surface area contributed by atoms with E-state index in [0.29, 0.717) is 10.2 Å². The summed E-state index contributed by atoms with van der Waals surface area (Å²) in [6.45, 7) is 0. The van der Waals surface area contributed by atoms with Gasteiger partial charge in [-0.05, 0) is 88.7 Å². The van der Waals surface area contributed by atoms with E-state index >= 15 is 0 Å². The molecular formula is C48H31BrF2N2O2. The number of rotatable bonds is 1. The third kappa shape index (κ3) is 5.46. The van der Waals surface area contributed by atoms with Gasteiger partial charge in [0.05, 0.1) is 37.5 Å². The van der Waals surface area contributed by atoms with Crippen molar-refractivity contribution in [3.05, 3.63) is 186 Å². The van der Waals surface area contributed by atoms with Gasteiger partial charge in [-0.2, -0.15) is 0 Å². The number of nitrogens with zero attached hydrogens (tertiary/aromatic N) is 1. The molecule has 0 saturated heterocycles. The van der Waals surface area contributed by atoms with Gasteiger partial charge < -0.3 is 18.4 Å². The second-order valence-electron chi connectivity index (χ2n) is 13.3. The lowest BCUT2D eigenvalue weighted by molar-refractivity contribution is 0.620. The summed E-state index contributed by atoms with van der Waals surface area (Å²) in [6.07, 6.45) is 0. The zero-order valence-electron chi connectivity index (χ0n) is 29.1. The van der Waals surface area contributed by atoms with Gasteiger partial charge in [-0.25, -0.2) is 8.78 Å². The molecule has 7 heteroatoms. The number of benzene rings is 8. The quantitative estimate of drug-likeness (QED) is 0.180. The maximum absolute atomic E-state index is 14.6. The highest BCUT2D eigenvalue weighted by molar-refractivity contribution is 9.10. The van der Waals surface area contributed by atoms with Crippen LogP contribution < -0.4 is 0 Å². The topological polar surface area (TPSA) is 47.0 Å². The van der Waals surface area contributed by atoms with E-state index in [1.165, 1.54) is 33.7 Å². The molecule has 0 bridgehead atoms. The number of hydrogen-bond donors (Lipinski definition) is 1. The molecule has 12 aromatic rings. The number of H-pyrrole nitrogens is 1. The van der Waals surface area contributed by atoms with Gasteiger partial charge >= 0.3 is 0 Å². The van der Waals surface area contributed by atoms with E-state index in [1.807, 2.05) is 71.3 Å². The number of aromatic nitrogens is 2. The van der Waals surface area contributed by atoms with Crippen LogP contribution in [-0.4, -0.2) is 9.55 Å². The molecule has 0 aliphatic rings. The first-order valence-corrected chi connectivity index (χ1v) is 18.6. The Hall–Kier alpha value is -6.70. The van der Waals surface area contributed by atoms with Crippen molar-refractivity contribution in [2.75, 3.05) is 0 Å². The van der Waals surface area contributed by atoms with Gasteiger partial charge in [0.25, 0.3) is 0 Å². The Labute approximate surface area is 322 Å². The van der Waals surface area contributed by atoms with Crippen LogP contribution in [0.25, 0.3) is 93.2 Å². The average molecular weight is 786 g/mol. The number of para-hydroxylation sites is 5. The third-order valence-electron chi connectivity index (χ3n) is 10.1. The number of aromatic amines is 1. The molecule has 266 valence electrons. The lowest BCUT2D eigenvalue weighted by Gasteiger charge is -2.08. The summed E-state index contributed by atoms with van der Waals surface area (Å²) in [5.74, 6) is -0.461. The Kier molecular flexibility index (Phi) is 7.96. The van der Waals surface area contributed by atoms with Crippen molar-refractivity contribution in [1.82, 2.24) is 9.55 Å². The lowest BCUT2D eigenvalue weighted by Crippen LogP contribution is -1.96. The van der Waals surface area contributed by atoms with Crippen molar-refractivity contribution in [3.63, 3.8) is 0 Å². The fourth-order valence-corrected chi connectivity index (χ4v) is 7.97. The van der Waals surface area contributed by atoms with Crippen LogP contribution in [0.4, 0.5) is 8.78 Å². The van der Waals surface area contributed by atoms with Crippen LogP contribution in [0.5, 0.6) is 0 Å². The molecule has 0 radical (unpaired) electrons. The molecule has 0 aliphatic heterocycles. The largest absolute Gasteiger partial charge is 0.455 e. The Morgan fingerprint density at radius 3 is 1.65 bits per heavy atom. The molecule has 0 saturated carbocycles. The van der Waals surface area contributed by atoms with Gasteiger partial charge in [0, 0.05) is 39.3 Å². The normalized spacial score (nSPS) is 11.5. The minimum atomic E-state index is -0.246. The molecular weight excluding hydrogens is 754 g/mol. The predicted octanol–water partition coefficient (Wildman–Crippen LogP) is 14.9. The second-order valence-corrected chi connectivity index (χ2v) is 14.1. The number of nitrogens with one attached hydrogen (secondary N) is 1. The lowest BCUT2D eigenvalue weighted by atomic mass is 10.1. The van der Waals surface area contributed by atoms with Gasteiger partial charge in [0.1, 0.15) is 34.0 Å². The van der Waals surface area contributed by atoms with Crippen LogP contribution >= 0.6 is 15.9 Å². The summed E-state index contributed by atoms with van der Waals surface area (Å²) in [6, 6.07) is 54.5. The van der Waals surface area contributed by atoms with Crippen LogP contribution in [0.3, 0.4) is 0 Å². The molecule has 4 heterocycles. The first kappa shape index (κ1) is 32.9. The molecule has 0 spiro atoms. The molecule has 0 atom stereocenters. The third-order valence-corrected chi connectivity index (χ3v) is 10.8. The second kappa shape index (κ2) is 13.3. The van der Waals surface area contributed by atoms with Crippen molar-refractivity contribution >= 4 is 103 Å². The van der Waals surface area contributed by atoms with E-state index in [0.717, 1.165) is 65.9 Å². The minimum absolute atomic E-state index is 0. The maximum atomic E-state index is 14.6. The molecule has 1 N–H and O–H groups in total. The summed E-state index contributed by atoms with van der Waals surface area (Å²) in [5, 5.41) is 8.99. The van der Waals surface area contributed by atoms with E-state index < -0.39 is 0 Å². The summed E-state index contributed by atoms with van der Waals surface area (Å²) in [4.78, 5) is 3.45. The monoisotopic (exact) mass is 784 g/mol. The molecule has 4 aromatic heterocycles. The number of hydrogen-bond acceptors (Lipinski definition) is 2. The maximum Gasteiger partial charge on any atom is 0.147 e. The van der Waals surface area contributed by atoms with E-state index in [2.05, 4.69) is 87.6 Å². The summed E-state index contributed by atoms with van der Waals surface area (Å²) < 4.78 is 41.8. The van der Waals surface area contributed by atoms with Crippen LogP contribution in [0.2, 0.25) is 0 Å². The van der Waals surface area contributed by atoms with Gasteiger partial charge in [-0.1, -0.05) is 97.1 Å². The smallest absolute Gasteiger partial charge is 0.147 e. The highest BCUT2D eigenvalue weighted by Gasteiger charge is 2.19. The van der Waals surface area contributed by atoms with Gasteiger partial charge in [-0.15, -0.1) is 0 Å². The fourth-order valence-electron chi connectivity index (χ4n) is 7.68. The Morgan fingerprint density at radius 2 is 0.982 bits per heavy atom. The number of fused-ring (bicyclic) bond motifs is 14. The standard InChI is InChI=1S/C24H14FNO.C18H11NO.C6H4BrF.H2/c25-18-9-3-5-11-20(18)26-19-10-4-1-8-17(19)23-21(26)14-13-16-15-7-2-6-12-22(15)27-24(16)23;1-3-7-14-13(6-1)17-15(19-14)10-9-12-11-5-2-4-8-16(11)20-18(12)17;7-5-3-1-2-4-6(5)8;/h1-14H;1-10,19H;1-4H;1H. The van der Waals surface area contributed by atoms with Crippen molar-refractivity contribution in [2.24, 2.45) is 0 Å². The first-order chi connectivity index (χ1) is 27.0. The molecule has 0 fully saturated rings. The van der Waals surface area contributed by atoms with E-state index in [9.17, 15) is 8.78 Å². The minimum Gasteiger partial charge on any atom is -0.455 e. The number of furan rings is 2. The van der Waals surface area contributed by atoms with Crippen molar-refractivity contribution in [1.29, 1.82) is 0 Å². The van der Waals surface area contributed by atoms with Gasteiger partial charge in [0.15, 0.2) is 0 Å². The highest BCUT2D eigenvalue weighted by atomic mass is 79.9. The van der Waals surface area contributed by atoms with Gasteiger partial charge in [0.2, 0.25) is 0 Å². The summed E-state index contributed by atoms with van der Waals surface area (Å²) >= 11 is 3.02. The zero-order valence-corrected chi connectivity index (χ0v) is 30.6. The first-order valence-electron chi connectivity index (χ1n) is 17.8. The molecule has 8 aromatic carbocycles. The number of halogens is 3. The van der Waals surface area contributed by atoms with Gasteiger partial charge in [-0.3, -0.25) is 0 Å². The van der Waals surface area contributed by atoms with Crippen LogP contribution in [0.15, 0.2) is 183 Å². The molecule has 0 aliphatic carbocycles. The molecule has 0 unspecified atom stereocenters. The Balaban J connectivity index is 0.000000124. The van der Waals surface area contributed by atoms with Crippen molar-refractivity contribution < 1.29 is 19.0 Å².